The number of amides is 1. The molecule has 3 rings (SSSR count). The number of benzene rings is 1. The molecule has 0 aliphatic heterocycles. The zero-order valence-electron chi connectivity index (χ0n) is 17.7. The number of nitrogens with one attached hydrogen (secondary N) is 2. The van der Waals surface area contributed by atoms with Crippen molar-refractivity contribution in [2.75, 3.05) is 7.11 Å². The minimum atomic E-state index is -0.641. The number of hydrogen-bond donors (Lipinski definition) is 2. The molecule has 0 saturated carbocycles. The number of aryl methyl sites for hydroxylation is 1. The summed E-state index contributed by atoms with van der Waals surface area (Å²) >= 11 is 0. The lowest BCUT2D eigenvalue weighted by Crippen LogP contribution is -2.32. The van der Waals surface area contributed by atoms with Crippen LogP contribution in [0.3, 0.4) is 0 Å². The lowest BCUT2D eigenvalue weighted by atomic mass is 10.0. The van der Waals surface area contributed by atoms with Crippen molar-refractivity contribution >= 4 is 17.7 Å². The Bertz CT molecular complexity index is 1130. The second-order valence-corrected chi connectivity index (χ2v) is 7.15. The van der Waals surface area contributed by atoms with Crippen LogP contribution in [0.25, 0.3) is 0 Å². The van der Waals surface area contributed by atoms with Gasteiger partial charge in [-0.25, -0.2) is 14.2 Å². The predicted molar refractivity (Wildman–Crippen MR) is 110 cm³/mol. The SMILES string of the molecule is COC(=O)c1c(CC(=O)NC(c2ccc(F)cc2)c2nccn2C)[nH]c(C(C)=O)c1C. The molecule has 0 aliphatic rings. The highest BCUT2D eigenvalue weighted by molar-refractivity contribution is 6.01. The summed E-state index contributed by atoms with van der Waals surface area (Å²) in [5, 5.41) is 2.88. The largest absolute Gasteiger partial charge is 0.465 e. The second kappa shape index (κ2) is 8.95. The maximum atomic E-state index is 13.4. The first-order valence-electron chi connectivity index (χ1n) is 9.55. The number of rotatable bonds is 7. The summed E-state index contributed by atoms with van der Waals surface area (Å²) in [5.41, 5.74) is 1.77. The smallest absolute Gasteiger partial charge is 0.339 e. The Morgan fingerprint density at radius 1 is 1.26 bits per heavy atom. The lowest BCUT2D eigenvalue weighted by Gasteiger charge is -2.19. The van der Waals surface area contributed by atoms with Gasteiger partial charge in [-0.3, -0.25) is 9.59 Å². The van der Waals surface area contributed by atoms with E-state index in [-0.39, 0.29) is 29.2 Å². The molecule has 0 spiro atoms. The van der Waals surface area contributed by atoms with Crippen LogP contribution in [0, 0.1) is 12.7 Å². The van der Waals surface area contributed by atoms with E-state index in [4.69, 9.17) is 4.74 Å². The van der Waals surface area contributed by atoms with Gasteiger partial charge in [-0.15, -0.1) is 0 Å². The number of imidazole rings is 1. The molecular formula is C22H23FN4O4. The van der Waals surface area contributed by atoms with E-state index in [1.54, 1.807) is 43.1 Å². The maximum absolute atomic E-state index is 13.4. The number of H-pyrrole nitrogens is 1. The van der Waals surface area contributed by atoms with Gasteiger partial charge >= 0.3 is 5.97 Å². The van der Waals surface area contributed by atoms with Crippen molar-refractivity contribution in [3.05, 3.63) is 76.4 Å². The van der Waals surface area contributed by atoms with Crippen LogP contribution in [0.2, 0.25) is 0 Å². The van der Waals surface area contributed by atoms with Gasteiger partial charge in [0.2, 0.25) is 5.91 Å². The van der Waals surface area contributed by atoms with Crippen molar-refractivity contribution < 1.29 is 23.5 Å². The van der Waals surface area contributed by atoms with Crippen molar-refractivity contribution in [2.24, 2.45) is 7.05 Å². The van der Waals surface area contributed by atoms with Crippen LogP contribution in [0.1, 0.15) is 56.5 Å². The van der Waals surface area contributed by atoms with E-state index in [9.17, 15) is 18.8 Å². The molecule has 1 atom stereocenters. The normalized spacial score (nSPS) is 11.8. The molecule has 1 aromatic carbocycles. The van der Waals surface area contributed by atoms with E-state index in [1.807, 2.05) is 0 Å². The van der Waals surface area contributed by atoms with Gasteiger partial charge in [0.1, 0.15) is 17.7 Å². The highest BCUT2D eigenvalue weighted by Gasteiger charge is 2.26. The average Bonchev–Trinajstić information content (AvgIpc) is 3.29. The fourth-order valence-corrected chi connectivity index (χ4v) is 3.50. The van der Waals surface area contributed by atoms with Crippen molar-refractivity contribution in [2.45, 2.75) is 26.3 Å². The van der Waals surface area contributed by atoms with Gasteiger partial charge in [0.05, 0.1) is 24.8 Å². The molecule has 0 aliphatic carbocycles. The number of Topliss-reactive ketones (excluding diaryl/α,β-unsaturated/α-hetero) is 1. The maximum Gasteiger partial charge on any atom is 0.339 e. The van der Waals surface area contributed by atoms with E-state index in [2.05, 4.69) is 15.3 Å². The minimum Gasteiger partial charge on any atom is -0.465 e. The Morgan fingerprint density at radius 2 is 1.94 bits per heavy atom. The average molecular weight is 426 g/mol. The number of ether oxygens (including phenoxy) is 1. The number of carbonyl (C=O) groups excluding carboxylic acids is 3. The molecule has 0 saturated heterocycles. The first-order chi connectivity index (χ1) is 14.7. The summed E-state index contributed by atoms with van der Waals surface area (Å²) in [6.07, 6.45) is 3.14. The van der Waals surface area contributed by atoms with Crippen LogP contribution in [0.4, 0.5) is 4.39 Å². The molecule has 3 aromatic rings. The number of ketones is 1. The number of halogens is 1. The van der Waals surface area contributed by atoms with Gasteiger partial charge in [0, 0.05) is 32.1 Å². The molecule has 9 heteroatoms. The van der Waals surface area contributed by atoms with Crippen LogP contribution >= 0.6 is 0 Å². The number of methoxy groups -OCH3 is 1. The van der Waals surface area contributed by atoms with E-state index in [1.165, 1.54) is 26.2 Å². The number of aromatic amines is 1. The second-order valence-electron chi connectivity index (χ2n) is 7.15. The summed E-state index contributed by atoms with van der Waals surface area (Å²) in [4.78, 5) is 44.3. The van der Waals surface area contributed by atoms with Gasteiger partial charge in [-0.2, -0.15) is 0 Å². The zero-order chi connectivity index (χ0) is 22.7. The third-order valence-corrected chi connectivity index (χ3v) is 5.03. The van der Waals surface area contributed by atoms with Crippen LogP contribution in [-0.4, -0.2) is 39.3 Å². The van der Waals surface area contributed by atoms with E-state index in [0.29, 0.717) is 17.0 Å². The number of hydrogen-bond acceptors (Lipinski definition) is 5. The van der Waals surface area contributed by atoms with Crippen LogP contribution in [0.15, 0.2) is 36.7 Å². The number of aromatic nitrogens is 3. The highest BCUT2D eigenvalue weighted by atomic mass is 19.1. The van der Waals surface area contributed by atoms with Gasteiger partial charge < -0.3 is 19.6 Å². The third-order valence-electron chi connectivity index (χ3n) is 5.03. The Labute approximate surface area is 178 Å². The Hall–Kier alpha value is -3.75. The molecule has 0 fully saturated rings. The van der Waals surface area contributed by atoms with E-state index in [0.717, 1.165) is 0 Å². The fourth-order valence-electron chi connectivity index (χ4n) is 3.50. The molecule has 2 aromatic heterocycles. The van der Waals surface area contributed by atoms with Gasteiger partial charge in [-0.05, 0) is 30.2 Å². The highest BCUT2D eigenvalue weighted by Crippen LogP contribution is 2.23. The van der Waals surface area contributed by atoms with Crippen LogP contribution < -0.4 is 5.32 Å². The van der Waals surface area contributed by atoms with Crippen molar-refractivity contribution in [1.29, 1.82) is 0 Å². The lowest BCUT2D eigenvalue weighted by molar-refractivity contribution is -0.121. The number of nitrogens with zero attached hydrogens (tertiary/aromatic N) is 2. The van der Waals surface area contributed by atoms with Gasteiger partial charge in [0.15, 0.2) is 5.78 Å². The molecule has 31 heavy (non-hydrogen) atoms. The minimum absolute atomic E-state index is 0.165. The monoisotopic (exact) mass is 426 g/mol. The number of esters is 1. The molecular weight excluding hydrogens is 403 g/mol. The molecule has 2 N–H and O–H groups in total. The molecule has 162 valence electrons. The van der Waals surface area contributed by atoms with E-state index >= 15 is 0 Å². The topological polar surface area (TPSA) is 106 Å². The molecule has 2 heterocycles. The van der Waals surface area contributed by atoms with Gasteiger partial charge in [0.25, 0.3) is 0 Å². The third kappa shape index (κ3) is 4.55. The number of carbonyl (C=O) groups is 3. The quantitative estimate of drug-likeness (QED) is 0.446. The van der Waals surface area contributed by atoms with E-state index < -0.39 is 23.7 Å². The summed E-state index contributed by atoms with van der Waals surface area (Å²) in [5.74, 6) is -1.15. The molecule has 1 amide bonds. The van der Waals surface area contributed by atoms with Crippen molar-refractivity contribution in [3.8, 4) is 0 Å². The molecule has 0 bridgehead atoms. The fraction of sp³-hybridized carbons (Fsp3) is 0.273. The molecule has 1 unspecified atom stereocenters. The summed E-state index contributed by atoms with van der Waals surface area (Å²) in [6.45, 7) is 2.99. The Kier molecular flexibility index (Phi) is 6.33. The summed E-state index contributed by atoms with van der Waals surface area (Å²) in [7, 11) is 3.02. The Balaban J connectivity index is 1.92. The summed E-state index contributed by atoms with van der Waals surface area (Å²) in [6, 6.07) is 5.11. The van der Waals surface area contributed by atoms with Crippen LogP contribution in [-0.2, 0) is 23.0 Å². The summed E-state index contributed by atoms with van der Waals surface area (Å²) < 4.78 is 20.0. The van der Waals surface area contributed by atoms with Crippen molar-refractivity contribution in [1.82, 2.24) is 19.9 Å². The van der Waals surface area contributed by atoms with Crippen LogP contribution in [0.5, 0.6) is 0 Å². The predicted octanol–water partition coefficient (Wildman–Crippen LogP) is 2.63. The van der Waals surface area contributed by atoms with Crippen molar-refractivity contribution in [3.63, 3.8) is 0 Å². The first kappa shape index (κ1) is 21.9. The first-order valence-corrected chi connectivity index (χ1v) is 9.55. The standard InChI is InChI=1S/C22H23FN4O4/c1-12-18(22(30)31-4)16(25-19(12)13(2)28)11-17(29)26-20(21-24-9-10-27(21)3)14-5-7-15(23)8-6-14/h5-10,20,25H,11H2,1-4H3,(H,26,29). The zero-order valence-corrected chi connectivity index (χ0v) is 17.7. The Morgan fingerprint density at radius 3 is 2.48 bits per heavy atom. The van der Waals surface area contributed by atoms with Gasteiger partial charge in [-0.1, -0.05) is 12.1 Å². The molecule has 8 nitrogen and oxygen atoms in total. The molecule has 0 radical (unpaired) electrons.